The van der Waals surface area contributed by atoms with Crippen molar-refractivity contribution >= 4 is 22.9 Å². The molecule has 1 atom stereocenters. The lowest BCUT2D eigenvalue weighted by Gasteiger charge is -2.20. The van der Waals surface area contributed by atoms with Crippen LogP contribution in [0.2, 0.25) is 0 Å². The largest absolute Gasteiger partial charge is 0.389 e. The maximum atomic E-state index is 5.79. The first-order chi connectivity index (χ1) is 8.91. The average Bonchev–Trinajstić information content (AvgIpc) is 2.30. The Hall–Kier alpha value is -1.09. The van der Waals surface area contributed by atoms with E-state index < -0.39 is 0 Å². The predicted octanol–water partition coefficient (Wildman–Crippen LogP) is 4.26. The molecule has 0 aliphatic heterocycles. The summed E-state index contributed by atoms with van der Waals surface area (Å²) >= 11 is 5.12. The van der Waals surface area contributed by atoms with Crippen molar-refractivity contribution in [3.63, 3.8) is 0 Å². The first kappa shape index (κ1) is 16.0. The Bertz CT molecular complexity index is 427. The molecule has 0 amide bonds. The van der Waals surface area contributed by atoms with E-state index in [-0.39, 0.29) is 0 Å². The van der Waals surface area contributed by atoms with Gasteiger partial charge in [-0.25, -0.2) is 0 Å². The maximum Gasteiger partial charge on any atom is 0.106 e. The lowest BCUT2D eigenvalue weighted by molar-refractivity contribution is 0.520. The number of benzene rings is 1. The second-order valence-corrected chi connectivity index (χ2v) is 6.17. The summed E-state index contributed by atoms with van der Waals surface area (Å²) in [4.78, 5) is 0.459. The number of hydrogen-bond acceptors (Lipinski definition) is 2. The normalized spacial score (nSPS) is 12.5. The molecule has 0 aliphatic carbocycles. The fourth-order valence-electron chi connectivity index (χ4n) is 2.22. The molecule has 0 saturated heterocycles. The van der Waals surface area contributed by atoms with Gasteiger partial charge in [0, 0.05) is 17.3 Å². The summed E-state index contributed by atoms with van der Waals surface area (Å²) in [5.74, 6) is 0.776. The molecule has 0 bridgehead atoms. The van der Waals surface area contributed by atoms with Gasteiger partial charge in [0.1, 0.15) is 4.99 Å². The van der Waals surface area contributed by atoms with Crippen molar-refractivity contribution in [3.05, 3.63) is 29.3 Å². The fourth-order valence-corrected chi connectivity index (χ4v) is 2.39. The topological polar surface area (TPSA) is 38.0 Å². The predicted molar refractivity (Wildman–Crippen MR) is 88.8 cm³/mol. The first-order valence-corrected chi connectivity index (χ1v) is 7.48. The van der Waals surface area contributed by atoms with Crippen LogP contribution in [-0.4, -0.2) is 11.0 Å². The Labute approximate surface area is 122 Å². The monoisotopic (exact) mass is 278 g/mol. The van der Waals surface area contributed by atoms with E-state index in [4.69, 9.17) is 18.0 Å². The van der Waals surface area contributed by atoms with E-state index in [9.17, 15) is 0 Å². The molecule has 0 spiro atoms. The molecular weight excluding hydrogens is 252 g/mol. The molecule has 1 aromatic rings. The Morgan fingerprint density at radius 3 is 2.53 bits per heavy atom. The molecule has 0 saturated carbocycles. The molecule has 1 aromatic carbocycles. The van der Waals surface area contributed by atoms with Crippen LogP contribution in [0.4, 0.5) is 5.69 Å². The minimum Gasteiger partial charge on any atom is -0.389 e. The molecule has 2 nitrogen and oxygen atoms in total. The zero-order chi connectivity index (χ0) is 14.4. The van der Waals surface area contributed by atoms with Gasteiger partial charge < -0.3 is 11.1 Å². The van der Waals surface area contributed by atoms with Crippen LogP contribution in [0.25, 0.3) is 0 Å². The maximum absolute atomic E-state index is 5.79. The molecule has 0 aromatic heterocycles. The van der Waals surface area contributed by atoms with Gasteiger partial charge in [-0.1, -0.05) is 51.0 Å². The van der Waals surface area contributed by atoms with Crippen molar-refractivity contribution in [2.45, 2.75) is 53.0 Å². The number of aryl methyl sites for hydroxylation is 1. The molecule has 0 aliphatic rings. The number of nitrogens with two attached hydrogens (primary N) is 1. The molecule has 106 valence electrons. The summed E-state index contributed by atoms with van der Waals surface area (Å²) in [7, 11) is 0. The zero-order valence-corrected chi connectivity index (χ0v) is 13.3. The van der Waals surface area contributed by atoms with E-state index in [2.05, 4.69) is 39.1 Å². The van der Waals surface area contributed by atoms with Gasteiger partial charge in [-0.3, -0.25) is 0 Å². The third-order valence-electron chi connectivity index (χ3n) is 3.35. The van der Waals surface area contributed by atoms with Crippen LogP contribution in [0.15, 0.2) is 18.2 Å². The van der Waals surface area contributed by atoms with Crippen LogP contribution in [0.1, 0.15) is 51.2 Å². The van der Waals surface area contributed by atoms with Gasteiger partial charge in [-0.15, -0.1) is 0 Å². The quantitative estimate of drug-likeness (QED) is 0.732. The number of thiocarbonyl (C=S) groups is 1. The van der Waals surface area contributed by atoms with Crippen LogP contribution < -0.4 is 11.1 Å². The summed E-state index contributed by atoms with van der Waals surface area (Å²) in [5, 5.41) is 3.57. The third-order valence-corrected chi connectivity index (χ3v) is 3.57. The van der Waals surface area contributed by atoms with E-state index in [0.29, 0.717) is 11.0 Å². The number of para-hydroxylation sites is 1. The second kappa shape index (κ2) is 7.49. The van der Waals surface area contributed by atoms with Crippen molar-refractivity contribution in [2.75, 3.05) is 5.32 Å². The van der Waals surface area contributed by atoms with Crippen LogP contribution in [0.5, 0.6) is 0 Å². The first-order valence-electron chi connectivity index (χ1n) is 7.07. The molecular formula is C16H26N2S. The Kier molecular flexibility index (Phi) is 6.29. The highest BCUT2D eigenvalue weighted by Gasteiger charge is 2.10. The molecule has 3 heteroatoms. The summed E-state index contributed by atoms with van der Waals surface area (Å²) in [6.45, 7) is 8.84. The van der Waals surface area contributed by atoms with E-state index in [1.807, 2.05) is 12.1 Å². The van der Waals surface area contributed by atoms with Crippen molar-refractivity contribution in [2.24, 2.45) is 11.7 Å². The summed E-state index contributed by atoms with van der Waals surface area (Å²) in [5.41, 5.74) is 9.03. The van der Waals surface area contributed by atoms with Crippen LogP contribution in [0, 0.1) is 12.8 Å². The minimum atomic E-state index is 0.438. The molecule has 3 N–H and O–H groups in total. The highest BCUT2D eigenvalue weighted by molar-refractivity contribution is 7.80. The Morgan fingerprint density at radius 1 is 1.26 bits per heavy atom. The van der Waals surface area contributed by atoms with Crippen LogP contribution >= 0.6 is 12.2 Å². The van der Waals surface area contributed by atoms with Crippen molar-refractivity contribution < 1.29 is 0 Å². The lowest BCUT2D eigenvalue weighted by Crippen LogP contribution is -2.20. The van der Waals surface area contributed by atoms with Crippen molar-refractivity contribution in [1.29, 1.82) is 0 Å². The number of anilines is 1. The van der Waals surface area contributed by atoms with Crippen molar-refractivity contribution in [3.8, 4) is 0 Å². The second-order valence-electron chi connectivity index (χ2n) is 5.73. The Morgan fingerprint density at radius 2 is 1.95 bits per heavy atom. The smallest absolute Gasteiger partial charge is 0.106 e. The van der Waals surface area contributed by atoms with Gasteiger partial charge in [-0.2, -0.15) is 0 Å². The van der Waals surface area contributed by atoms with Gasteiger partial charge in [0.15, 0.2) is 0 Å². The lowest BCUT2D eigenvalue weighted by atomic mass is 10.0. The zero-order valence-electron chi connectivity index (χ0n) is 12.5. The van der Waals surface area contributed by atoms with E-state index in [0.717, 1.165) is 17.2 Å². The molecule has 0 radical (unpaired) electrons. The average molecular weight is 278 g/mol. The van der Waals surface area contributed by atoms with Gasteiger partial charge >= 0.3 is 0 Å². The fraction of sp³-hybridized carbons (Fsp3) is 0.562. The standard InChI is InChI=1S/C16H26N2S/c1-11(2)7-5-9-13(4)18-15-12(3)8-6-10-14(15)16(17)19/h6,8,10-11,13,18H,5,7,9H2,1-4H3,(H2,17,19). The molecule has 0 fully saturated rings. The SMILES string of the molecule is Cc1cccc(C(N)=S)c1NC(C)CCCC(C)C. The highest BCUT2D eigenvalue weighted by atomic mass is 32.1. The number of nitrogens with one attached hydrogen (secondary N) is 1. The molecule has 19 heavy (non-hydrogen) atoms. The van der Waals surface area contributed by atoms with Crippen LogP contribution in [0.3, 0.4) is 0 Å². The number of hydrogen-bond donors (Lipinski definition) is 2. The van der Waals surface area contributed by atoms with E-state index in [1.54, 1.807) is 0 Å². The number of rotatable bonds is 7. The molecule has 0 heterocycles. The van der Waals surface area contributed by atoms with E-state index in [1.165, 1.54) is 24.8 Å². The van der Waals surface area contributed by atoms with Crippen molar-refractivity contribution in [1.82, 2.24) is 0 Å². The van der Waals surface area contributed by atoms with Gasteiger partial charge in [-0.05, 0) is 37.8 Å². The summed E-state index contributed by atoms with van der Waals surface area (Å²) < 4.78 is 0. The minimum absolute atomic E-state index is 0.438. The highest BCUT2D eigenvalue weighted by Crippen LogP contribution is 2.22. The molecule has 1 rings (SSSR count). The van der Waals surface area contributed by atoms with Gasteiger partial charge in [0.05, 0.1) is 0 Å². The summed E-state index contributed by atoms with van der Waals surface area (Å²) in [6.07, 6.45) is 3.70. The Balaban J connectivity index is 2.68. The van der Waals surface area contributed by atoms with E-state index >= 15 is 0 Å². The molecule has 1 unspecified atom stereocenters. The van der Waals surface area contributed by atoms with Gasteiger partial charge in [0.2, 0.25) is 0 Å². The van der Waals surface area contributed by atoms with Crippen LogP contribution in [-0.2, 0) is 0 Å². The third kappa shape index (κ3) is 5.19. The summed E-state index contributed by atoms with van der Waals surface area (Å²) in [6, 6.07) is 6.51. The van der Waals surface area contributed by atoms with Gasteiger partial charge in [0.25, 0.3) is 0 Å².